The molecule has 0 aliphatic carbocycles. The van der Waals surface area contributed by atoms with Crippen molar-refractivity contribution in [3.63, 3.8) is 0 Å². The van der Waals surface area contributed by atoms with Gasteiger partial charge >= 0.3 is 0 Å². The van der Waals surface area contributed by atoms with Crippen molar-refractivity contribution >= 4 is 0 Å². The van der Waals surface area contributed by atoms with Crippen LogP contribution in [0, 0.1) is 0 Å². The lowest BCUT2D eigenvalue weighted by Gasteiger charge is -2.08. The van der Waals surface area contributed by atoms with Crippen LogP contribution in [0.4, 0.5) is 0 Å². The van der Waals surface area contributed by atoms with Crippen molar-refractivity contribution in [1.82, 2.24) is 29.5 Å². The highest BCUT2D eigenvalue weighted by Crippen LogP contribution is 2.18. The smallest absolute Gasteiger partial charge is 0.133 e. The molecule has 4 heterocycles. The van der Waals surface area contributed by atoms with E-state index in [0.29, 0.717) is 0 Å². The molecule has 0 saturated carbocycles. The highest BCUT2D eigenvalue weighted by Gasteiger charge is 2.16. The van der Waals surface area contributed by atoms with E-state index < -0.39 is 0 Å². The van der Waals surface area contributed by atoms with Gasteiger partial charge in [0.1, 0.15) is 23.3 Å². The largest absolute Gasteiger partial charge is 0.315 e. The molecule has 0 radical (unpaired) electrons. The van der Waals surface area contributed by atoms with E-state index in [1.807, 2.05) is 0 Å². The quantitative estimate of drug-likeness (QED) is 0.870. The zero-order valence-electron chi connectivity index (χ0n) is 13.9. The Bertz CT molecular complexity index is 600. The van der Waals surface area contributed by atoms with E-state index in [2.05, 4.69) is 29.5 Å². The summed E-state index contributed by atoms with van der Waals surface area (Å²) in [5.74, 6) is 4.71. The molecule has 6 nitrogen and oxygen atoms in total. The number of hydrogen-bond donors (Lipinski definition) is 0. The van der Waals surface area contributed by atoms with Gasteiger partial charge in [-0.2, -0.15) is 0 Å². The van der Waals surface area contributed by atoms with E-state index in [-0.39, 0.29) is 0 Å². The van der Waals surface area contributed by atoms with Crippen LogP contribution in [0.15, 0.2) is 0 Å². The monoisotopic (exact) mass is 314 g/mol. The van der Waals surface area contributed by atoms with Crippen molar-refractivity contribution in [1.29, 1.82) is 0 Å². The Balaban J connectivity index is 1.39. The van der Waals surface area contributed by atoms with E-state index in [1.54, 1.807) is 0 Å². The second kappa shape index (κ2) is 6.81. The maximum absolute atomic E-state index is 4.43. The van der Waals surface area contributed by atoms with Crippen molar-refractivity contribution in [2.45, 2.75) is 83.7 Å². The third-order valence-electron chi connectivity index (χ3n) is 5.17. The predicted octanol–water partition coefficient (Wildman–Crippen LogP) is 2.50. The van der Waals surface area contributed by atoms with Crippen LogP contribution in [0.1, 0.15) is 68.2 Å². The molecule has 0 saturated heterocycles. The molecule has 2 aliphatic heterocycles. The summed E-state index contributed by atoms with van der Waals surface area (Å²) in [6.45, 7) is 2.19. The number of nitrogens with zero attached hydrogens (tertiary/aromatic N) is 6. The predicted molar refractivity (Wildman–Crippen MR) is 87.2 cm³/mol. The van der Waals surface area contributed by atoms with Gasteiger partial charge in [0.05, 0.1) is 0 Å². The van der Waals surface area contributed by atoms with Crippen LogP contribution in [0.5, 0.6) is 0 Å². The minimum Gasteiger partial charge on any atom is -0.315 e. The van der Waals surface area contributed by atoms with Crippen molar-refractivity contribution < 1.29 is 0 Å². The van der Waals surface area contributed by atoms with Crippen LogP contribution in [0.2, 0.25) is 0 Å². The number of hydrogen-bond acceptors (Lipinski definition) is 4. The number of fused-ring (bicyclic) bond motifs is 2. The summed E-state index contributed by atoms with van der Waals surface area (Å²) >= 11 is 0. The van der Waals surface area contributed by atoms with E-state index in [9.17, 15) is 0 Å². The number of aryl methyl sites for hydroxylation is 4. The summed E-state index contributed by atoms with van der Waals surface area (Å²) in [5, 5.41) is 17.7. The van der Waals surface area contributed by atoms with Gasteiger partial charge in [-0.05, 0) is 32.1 Å². The summed E-state index contributed by atoms with van der Waals surface area (Å²) in [6.07, 6.45) is 12.9. The average Bonchev–Trinajstić information content (AvgIpc) is 2.93. The summed E-state index contributed by atoms with van der Waals surface area (Å²) in [6, 6.07) is 0. The molecule has 124 valence electrons. The summed E-state index contributed by atoms with van der Waals surface area (Å²) in [5.41, 5.74) is 0. The third-order valence-corrected chi connectivity index (χ3v) is 5.17. The van der Waals surface area contributed by atoms with Crippen molar-refractivity contribution in [2.75, 3.05) is 0 Å². The Kier molecular flexibility index (Phi) is 4.39. The first-order valence-electron chi connectivity index (χ1n) is 9.24. The Morgan fingerprint density at radius 2 is 1.13 bits per heavy atom. The average molecular weight is 314 g/mol. The van der Waals surface area contributed by atoms with Gasteiger partial charge in [0.25, 0.3) is 0 Å². The fourth-order valence-corrected chi connectivity index (χ4v) is 3.87. The van der Waals surface area contributed by atoms with Gasteiger partial charge in [-0.25, -0.2) is 0 Å². The molecule has 0 atom stereocenters. The molecule has 23 heavy (non-hydrogen) atoms. The van der Waals surface area contributed by atoms with Crippen LogP contribution < -0.4 is 0 Å². The number of rotatable bonds is 4. The molecule has 0 bridgehead atoms. The Labute approximate surface area is 137 Å². The Morgan fingerprint density at radius 1 is 0.609 bits per heavy atom. The van der Waals surface area contributed by atoms with Gasteiger partial charge in [0.2, 0.25) is 0 Å². The van der Waals surface area contributed by atoms with Crippen LogP contribution in [0.3, 0.4) is 0 Å². The van der Waals surface area contributed by atoms with Gasteiger partial charge in [-0.15, -0.1) is 20.4 Å². The standard InChI is InChI=1S/C17H26N6/c1-3-8-14-18-20-16(22(14)12-5-1)10-7-11-17-21-19-15-9-4-2-6-13-23(15)17/h1-13H2. The zero-order valence-corrected chi connectivity index (χ0v) is 13.9. The molecule has 0 fully saturated rings. The maximum atomic E-state index is 4.43. The molecular formula is C17H26N6. The van der Waals surface area contributed by atoms with Gasteiger partial charge in [-0.3, -0.25) is 0 Å². The molecule has 2 aliphatic rings. The van der Waals surface area contributed by atoms with Crippen LogP contribution in [-0.2, 0) is 38.8 Å². The Morgan fingerprint density at radius 3 is 1.65 bits per heavy atom. The van der Waals surface area contributed by atoms with E-state index >= 15 is 0 Å². The SMILES string of the molecule is C1CCc2nnc(CCCc3nnc4n3CCCCC4)n2CC1. The molecule has 6 heteroatoms. The molecule has 2 aromatic heterocycles. The normalized spacial score (nSPS) is 18.1. The fourth-order valence-electron chi connectivity index (χ4n) is 3.87. The lowest BCUT2D eigenvalue weighted by Crippen LogP contribution is -2.09. The minimum absolute atomic E-state index is 0.995. The first-order chi connectivity index (χ1) is 11.4. The fraction of sp³-hybridized carbons (Fsp3) is 0.765. The van der Waals surface area contributed by atoms with Gasteiger partial charge < -0.3 is 9.13 Å². The summed E-state index contributed by atoms with van der Waals surface area (Å²) in [7, 11) is 0. The Hall–Kier alpha value is -1.72. The second-order valence-corrected chi connectivity index (χ2v) is 6.84. The molecule has 0 amide bonds. The lowest BCUT2D eigenvalue weighted by molar-refractivity contribution is 0.577. The summed E-state index contributed by atoms with van der Waals surface area (Å²) < 4.78 is 4.72. The molecule has 2 aromatic rings. The van der Waals surface area contributed by atoms with Gasteiger partial charge in [-0.1, -0.05) is 12.8 Å². The minimum atomic E-state index is 0.995. The van der Waals surface area contributed by atoms with E-state index in [4.69, 9.17) is 0 Å². The molecule has 0 aromatic carbocycles. The first-order valence-corrected chi connectivity index (χ1v) is 9.24. The third kappa shape index (κ3) is 3.16. The molecule has 0 unspecified atom stereocenters. The van der Waals surface area contributed by atoms with Crippen molar-refractivity contribution in [3.05, 3.63) is 23.3 Å². The highest BCUT2D eigenvalue weighted by molar-refractivity contribution is 5.01. The van der Waals surface area contributed by atoms with E-state index in [1.165, 1.54) is 50.2 Å². The van der Waals surface area contributed by atoms with Crippen molar-refractivity contribution in [2.24, 2.45) is 0 Å². The van der Waals surface area contributed by atoms with E-state index in [0.717, 1.165) is 56.8 Å². The first kappa shape index (κ1) is 14.8. The second-order valence-electron chi connectivity index (χ2n) is 6.84. The highest BCUT2D eigenvalue weighted by atomic mass is 15.3. The van der Waals surface area contributed by atoms with Crippen LogP contribution in [0.25, 0.3) is 0 Å². The maximum Gasteiger partial charge on any atom is 0.133 e. The van der Waals surface area contributed by atoms with Gasteiger partial charge in [0.15, 0.2) is 0 Å². The molecule has 0 N–H and O–H groups in total. The zero-order chi connectivity index (χ0) is 15.5. The molecule has 4 rings (SSSR count). The topological polar surface area (TPSA) is 61.4 Å². The van der Waals surface area contributed by atoms with Crippen molar-refractivity contribution in [3.8, 4) is 0 Å². The van der Waals surface area contributed by atoms with Crippen LogP contribution in [-0.4, -0.2) is 29.5 Å². The molecule has 0 spiro atoms. The van der Waals surface area contributed by atoms with Gasteiger partial charge in [0, 0.05) is 38.8 Å². The number of aromatic nitrogens is 6. The van der Waals surface area contributed by atoms with Crippen LogP contribution >= 0.6 is 0 Å². The molecular weight excluding hydrogens is 288 g/mol. The summed E-state index contributed by atoms with van der Waals surface area (Å²) in [4.78, 5) is 0. The lowest BCUT2D eigenvalue weighted by atomic mass is 10.2.